The number of hydrogen-bond donors (Lipinski definition) is 1. The first-order valence-corrected chi connectivity index (χ1v) is 10.5. The van der Waals surface area contributed by atoms with E-state index in [1.54, 1.807) is 13.2 Å². The number of rotatable bonds is 4. The maximum Gasteiger partial charge on any atom is 0.274 e. The summed E-state index contributed by atoms with van der Waals surface area (Å²) >= 11 is 0. The van der Waals surface area contributed by atoms with Crippen LogP contribution in [0.2, 0.25) is 0 Å². The van der Waals surface area contributed by atoms with Crippen LogP contribution in [-0.2, 0) is 0 Å². The zero-order chi connectivity index (χ0) is 20.8. The summed E-state index contributed by atoms with van der Waals surface area (Å²) in [5, 5.41) is 8.66. The van der Waals surface area contributed by atoms with Gasteiger partial charge in [0, 0.05) is 23.3 Å². The van der Waals surface area contributed by atoms with E-state index in [0.717, 1.165) is 16.6 Å². The maximum absolute atomic E-state index is 12.6. The Labute approximate surface area is 172 Å². The van der Waals surface area contributed by atoms with Crippen LogP contribution in [0.15, 0.2) is 36.5 Å². The lowest BCUT2D eigenvalue weighted by atomic mass is 9.96. The Balaban J connectivity index is 0.00000117. The average molecular weight is 395 g/mol. The van der Waals surface area contributed by atoms with E-state index in [1.807, 2.05) is 45.0 Å². The summed E-state index contributed by atoms with van der Waals surface area (Å²) in [5.74, 6) is 0.341. The molecule has 1 N–H and O–H groups in total. The second-order valence-corrected chi connectivity index (χ2v) is 7.13. The van der Waals surface area contributed by atoms with Crippen molar-refractivity contribution in [2.45, 2.75) is 58.9 Å². The van der Waals surface area contributed by atoms with Crippen LogP contribution in [0.1, 0.15) is 68.2 Å². The molecular weight excluding hydrogens is 364 g/mol. The molecule has 6 nitrogen and oxygen atoms in total. The van der Waals surface area contributed by atoms with Gasteiger partial charge in [-0.1, -0.05) is 39.2 Å². The number of aromatic nitrogens is 3. The fraction of sp³-hybridized carbons (Fsp3) is 0.435. The van der Waals surface area contributed by atoms with E-state index in [-0.39, 0.29) is 5.91 Å². The van der Waals surface area contributed by atoms with Gasteiger partial charge in [-0.2, -0.15) is 5.10 Å². The molecule has 1 aromatic carbocycles. The molecule has 3 aromatic rings. The normalized spacial score (nSPS) is 14.2. The summed E-state index contributed by atoms with van der Waals surface area (Å²) in [6.07, 6.45) is 8.26. The van der Waals surface area contributed by atoms with Crippen molar-refractivity contribution in [3.63, 3.8) is 0 Å². The SMILES string of the molecule is CC.COc1cc2nn(C3CCCCC3)cc2cc1NC(=O)c1cccc(C)n1. The monoisotopic (exact) mass is 394 g/mol. The van der Waals surface area contributed by atoms with Gasteiger partial charge < -0.3 is 10.1 Å². The Morgan fingerprint density at radius 1 is 1.17 bits per heavy atom. The Hall–Kier alpha value is -2.89. The van der Waals surface area contributed by atoms with Crippen molar-refractivity contribution >= 4 is 22.5 Å². The van der Waals surface area contributed by atoms with E-state index < -0.39 is 0 Å². The molecule has 29 heavy (non-hydrogen) atoms. The van der Waals surface area contributed by atoms with Crippen LogP contribution in [-0.4, -0.2) is 27.8 Å². The summed E-state index contributed by atoms with van der Waals surface area (Å²) in [5.41, 5.74) is 2.69. The molecule has 154 valence electrons. The lowest BCUT2D eigenvalue weighted by molar-refractivity contribution is 0.102. The average Bonchev–Trinajstić information content (AvgIpc) is 3.18. The smallest absolute Gasteiger partial charge is 0.274 e. The highest BCUT2D eigenvalue weighted by molar-refractivity contribution is 6.05. The van der Waals surface area contributed by atoms with Crippen LogP contribution in [0, 0.1) is 6.92 Å². The largest absolute Gasteiger partial charge is 0.494 e. The number of benzene rings is 1. The number of nitrogens with zero attached hydrogens (tertiary/aromatic N) is 3. The van der Waals surface area contributed by atoms with Crippen LogP contribution in [0.25, 0.3) is 10.9 Å². The van der Waals surface area contributed by atoms with E-state index in [1.165, 1.54) is 32.1 Å². The number of hydrogen-bond acceptors (Lipinski definition) is 4. The summed E-state index contributed by atoms with van der Waals surface area (Å²) in [6, 6.07) is 9.66. The van der Waals surface area contributed by atoms with Gasteiger partial charge in [-0.15, -0.1) is 0 Å². The molecule has 0 aliphatic heterocycles. The molecule has 0 bridgehead atoms. The lowest BCUT2D eigenvalue weighted by Crippen LogP contribution is -2.14. The third kappa shape index (κ3) is 4.75. The van der Waals surface area contributed by atoms with Gasteiger partial charge in [0.15, 0.2) is 0 Å². The van der Waals surface area contributed by atoms with Gasteiger partial charge in [0.25, 0.3) is 5.91 Å². The first-order valence-electron chi connectivity index (χ1n) is 10.5. The highest BCUT2D eigenvalue weighted by Gasteiger charge is 2.18. The molecule has 1 amide bonds. The van der Waals surface area contributed by atoms with E-state index in [0.29, 0.717) is 23.2 Å². The number of methoxy groups -OCH3 is 1. The quantitative estimate of drug-likeness (QED) is 0.631. The number of carbonyl (C=O) groups is 1. The molecule has 1 aliphatic rings. The molecule has 2 aromatic heterocycles. The topological polar surface area (TPSA) is 69.0 Å². The van der Waals surface area contributed by atoms with Crippen LogP contribution < -0.4 is 10.1 Å². The highest BCUT2D eigenvalue weighted by Crippen LogP contribution is 2.33. The molecule has 0 saturated heterocycles. The molecule has 1 aliphatic carbocycles. The van der Waals surface area contributed by atoms with Gasteiger partial charge in [-0.25, -0.2) is 4.98 Å². The van der Waals surface area contributed by atoms with Crippen molar-refractivity contribution in [3.8, 4) is 5.75 Å². The van der Waals surface area contributed by atoms with E-state index in [9.17, 15) is 4.79 Å². The van der Waals surface area contributed by atoms with Crippen molar-refractivity contribution < 1.29 is 9.53 Å². The maximum atomic E-state index is 12.6. The fourth-order valence-corrected chi connectivity index (χ4v) is 3.73. The first kappa shape index (κ1) is 20.8. The predicted molar refractivity (Wildman–Crippen MR) is 117 cm³/mol. The molecule has 1 saturated carbocycles. The molecule has 0 radical (unpaired) electrons. The van der Waals surface area contributed by atoms with Crippen LogP contribution >= 0.6 is 0 Å². The van der Waals surface area contributed by atoms with E-state index in [4.69, 9.17) is 9.84 Å². The van der Waals surface area contributed by atoms with Crippen molar-refractivity contribution in [2.24, 2.45) is 0 Å². The van der Waals surface area contributed by atoms with Gasteiger partial charge in [-0.05, 0) is 38.0 Å². The Kier molecular flexibility index (Phi) is 6.86. The zero-order valence-corrected chi connectivity index (χ0v) is 17.7. The van der Waals surface area contributed by atoms with Gasteiger partial charge in [0.1, 0.15) is 11.4 Å². The fourth-order valence-electron chi connectivity index (χ4n) is 3.73. The van der Waals surface area contributed by atoms with Crippen LogP contribution in [0.5, 0.6) is 5.75 Å². The number of carbonyl (C=O) groups excluding carboxylic acids is 1. The minimum absolute atomic E-state index is 0.254. The summed E-state index contributed by atoms with van der Waals surface area (Å²) < 4.78 is 7.56. The van der Waals surface area contributed by atoms with Crippen LogP contribution in [0.4, 0.5) is 5.69 Å². The molecular formula is C23H30N4O2. The standard InChI is InChI=1S/C21H24N4O2.C2H6/c1-14-7-6-10-17(22-14)21(26)23-19-11-15-13-25(16-8-4-3-5-9-16)24-18(15)12-20(19)27-2;1-2/h6-7,10-13,16H,3-5,8-9H2,1-2H3,(H,23,26);1-2H3. The van der Waals surface area contributed by atoms with Gasteiger partial charge in [-0.3, -0.25) is 9.48 Å². The summed E-state index contributed by atoms with van der Waals surface area (Å²) in [7, 11) is 1.60. The molecule has 0 unspecified atom stereocenters. The third-order valence-corrected chi connectivity index (χ3v) is 5.16. The van der Waals surface area contributed by atoms with Crippen molar-refractivity contribution in [2.75, 3.05) is 12.4 Å². The second-order valence-electron chi connectivity index (χ2n) is 7.13. The summed E-state index contributed by atoms with van der Waals surface area (Å²) in [4.78, 5) is 16.9. The minimum atomic E-state index is -0.254. The Morgan fingerprint density at radius 3 is 2.62 bits per heavy atom. The number of nitrogens with one attached hydrogen (secondary N) is 1. The lowest BCUT2D eigenvalue weighted by Gasteiger charge is -2.21. The van der Waals surface area contributed by atoms with Crippen LogP contribution in [0.3, 0.4) is 0 Å². The Bertz CT molecular complexity index is 974. The van der Waals surface area contributed by atoms with Crippen molar-refractivity contribution in [1.82, 2.24) is 14.8 Å². The number of ether oxygens (including phenoxy) is 1. The van der Waals surface area contributed by atoms with E-state index >= 15 is 0 Å². The number of amides is 1. The Morgan fingerprint density at radius 2 is 1.93 bits per heavy atom. The minimum Gasteiger partial charge on any atom is -0.494 e. The number of anilines is 1. The second kappa shape index (κ2) is 9.54. The van der Waals surface area contributed by atoms with Gasteiger partial charge in [0.2, 0.25) is 0 Å². The number of pyridine rings is 1. The van der Waals surface area contributed by atoms with Gasteiger partial charge in [0.05, 0.1) is 24.4 Å². The molecule has 0 spiro atoms. The first-order chi connectivity index (χ1) is 14.1. The third-order valence-electron chi connectivity index (χ3n) is 5.16. The predicted octanol–water partition coefficient (Wildman–Crippen LogP) is 5.53. The summed E-state index contributed by atoms with van der Waals surface area (Å²) in [6.45, 7) is 5.86. The van der Waals surface area contributed by atoms with E-state index in [2.05, 4.69) is 21.2 Å². The van der Waals surface area contributed by atoms with Gasteiger partial charge >= 0.3 is 0 Å². The van der Waals surface area contributed by atoms with Crippen molar-refractivity contribution in [1.29, 1.82) is 0 Å². The zero-order valence-electron chi connectivity index (χ0n) is 17.7. The molecule has 4 rings (SSSR count). The number of aryl methyl sites for hydroxylation is 1. The number of fused-ring (bicyclic) bond motifs is 1. The van der Waals surface area contributed by atoms with Crippen molar-refractivity contribution in [3.05, 3.63) is 47.9 Å². The molecule has 1 fully saturated rings. The molecule has 0 atom stereocenters. The molecule has 6 heteroatoms. The molecule has 2 heterocycles. The highest BCUT2D eigenvalue weighted by atomic mass is 16.5.